The first-order valence-electron chi connectivity index (χ1n) is 7.20. The molecule has 0 saturated heterocycles. The van der Waals surface area contributed by atoms with Crippen molar-refractivity contribution in [1.29, 1.82) is 0 Å². The monoisotopic (exact) mass is 406 g/mol. The molecule has 0 atom stereocenters. The molecule has 0 spiro atoms. The molecule has 3 rings (SSSR count). The topological polar surface area (TPSA) is 59.6 Å². The standard InChI is InChI=1S/C16H11Cl2F3N2O3/c1-8-4-2-3-5-11(8)22-14(24)23-16(15(19,20)21)25-12-6-9(17)10(18)7-13(12)26-16/h2-7H,1H3,(H2,22,23,24). The smallest absolute Gasteiger partial charge is 0.424 e. The molecule has 0 unspecified atom stereocenters. The van der Waals surface area contributed by atoms with Crippen LogP contribution >= 0.6 is 23.2 Å². The highest BCUT2D eigenvalue weighted by atomic mass is 35.5. The Morgan fingerprint density at radius 2 is 1.62 bits per heavy atom. The Kier molecular flexibility index (Phi) is 4.58. The van der Waals surface area contributed by atoms with Crippen LogP contribution in [-0.4, -0.2) is 18.1 Å². The maximum atomic E-state index is 13.6. The second-order valence-electron chi connectivity index (χ2n) is 5.43. The molecule has 0 aromatic heterocycles. The third-order valence-corrected chi connectivity index (χ3v) is 4.26. The number of benzene rings is 2. The van der Waals surface area contributed by atoms with Gasteiger partial charge in [-0.2, -0.15) is 13.2 Å². The number of aryl methyl sites for hydroxylation is 1. The fourth-order valence-electron chi connectivity index (χ4n) is 2.25. The number of hydrogen-bond donors (Lipinski definition) is 2. The fourth-order valence-corrected chi connectivity index (χ4v) is 2.56. The van der Waals surface area contributed by atoms with Gasteiger partial charge in [-0.25, -0.2) is 4.79 Å². The molecule has 2 aromatic carbocycles. The molecule has 0 fully saturated rings. The van der Waals surface area contributed by atoms with E-state index in [0.29, 0.717) is 11.3 Å². The van der Waals surface area contributed by atoms with Crippen molar-refractivity contribution in [3.63, 3.8) is 0 Å². The summed E-state index contributed by atoms with van der Waals surface area (Å²) in [4.78, 5) is 12.1. The first-order valence-corrected chi connectivity index (χ1v) is 7.95. The van der Waals surface area contributed by atoms with Crippen LogP contribution in [0.5, 0.6) is 11.5 Å². The van der Waals surface area contributed by atoms with Crippen LogP contribution in [0.2, 0.25) is 10.0 Å². The summed E-state index contributed by atoms with van der Waals surface area (Å²) >= 11 is 11.6. The molecule has 10 heteroatoms. The van der Waals surface area contributed by atoms with Crippen molar-refractivity contribution in [2.45, 2.75) is 19.0 Å². The number of nitrogens with one attached hydrogen (secondary N) is 2. The number of fused-ring (bicyclic) bond motifs is 1. The summed E-state index contributed by atoms with van der Waals surface area (Å²) in [5, 5.41) is 3.98. The van der Waals surface area contributed by atoms with Crippen molar-refractivity contribution in [3.8, 4) is 11.5 Å². The van der Waals surface area contributed by atoms with Gasteiger partial charge in [-0.15, -0.1) is 0 Å². The van der Waals surface area contributed by atoms with Gasteiger partial charge >= 0.3 is 18.1 Å². The molecule has 138 valence electrons. The highest BCUT2D eigenvalue weighted by molar-refractivity contribution is 6.42. The molecule has 2 amide bonds. The maximum Gasteiger partial charge on any atom is 0.492 e. The van der Waals surface area contributed by atoms with Crippen molar-refractivity contribution in [1.82, 2.24) is 5.32 Å². The maximum absolute atomic E-state index is 13.6. The highest BCUT2D eigenvalue weighted by Gasteiger charge is 2.65. The zero-order valence-electron chi connectivity index (χ0n) is 13.1. The van der Waals surface area contributed by atoms with E-state index in [-0.39, 0.29) is 21.5 Å². The molecule has 2 N–H and O–H groups in total. The fraction of sp³-hybridized carbons (Fsp3) is 0.188. The lowest BCUT2D eigenvalue weighted by Crippen LogP contribution is -2.65. The summed E-state index contributed by atoms with van der Waals surface area (Å²) in [6.07, 6.45) is -5.09. The Bertz CT molecular complexity index is 843. The van der Waals surface area contributed by atoms with Gasteiger partial charge in [0.25, 0.3) is 0 Å². The molecule has 0 radical (unpaired) electrons. The zero-order chi connectivity index (χ0) is 19.1. The molecular formula is C16H11Cl2F3N2O3. The molecule has 26 heavy (non-hydrogen) atoms. The first-order chi connectivity index (χ1) is 12.1. The van der Waals surface area contributed by atoms with E-state index in [2.05, 4.69) is 5.32 Å². The Labute approximate surface area is 156 Å². The Morgan fingerprint density at radius 1 is 1.08 bits per heavy atom. The third-order valence-electron chi connectivity index (χ3n) is 3.54. The number of alkyl halides is 3. The normalized spacial score (nSPS) is 14.8. The summed E-state index contributed by atoms with van der Waals surface area (Å²) in [5.74, 6) is -4.00. The second-order valence-corrected chi connectivity index (χ2v) is 6.24. The summed E-state index contributed by atoms with van der Waals surface area (Å²) < 4.78 is 50.5. The van der Waals surface area contributed by atoms with Gasteiger partial charge in [0.1, 0.15) is 0 Å². The summed E-state index contributed by atoms with van der Waals surface area (Å²) in [5.41, 5.74) is 1.00. The third kappa shape index (κ3) is 3.34. The number of para-hydroxylation sites is 1. The predicted molar refractivity (Wildman–Crippen MR) is 89.8 cm³/mol. The van der Waals surface area contributed by atoms with Gasteiger partial charge in [-0.05, 0) is 18.6 Å². The first kappa shape index (κ1) is 18.5. The lowest BCUT2D eigenvalue weighted by molar-refractivity contribution is -0.317. The summed E-state index contributed by atoms with van der Waals surface area (Å²) in [6.45, 7) is 1.69. The minimum absolute atomic E-state index is 0.0173. The number of halogens is 5. The number of carbonyl (C=O) groups excluding carboxylic acids is 1. The van der Waals surface area contributed by atoms with Gasteiger partial charge in [0.15, 0.2) is 11.5 Å². The number of urea groups is 1. The SMILES string of the molecule is Cc1ccccc1NC(=O)NC1(C(F)(F)F)Oc2cc(Cl)c(Cl)cc2O1. The van der Waals surface area contributed by atoms with Gasteiger partial charge in [0.05, 0.1) is 10.0 Å². The number of amides is 2. The average molecular weight is 407 g/mol. The van der Waals surface area contributed by atoms with Gasteiger partial charge in [0.2, 0.25) is 0 Å². The minimum atomic E-state index is -5.09. The van der Waals surface area contributed by atoms with Crippen LogP contribution in [0.25, 0.3) is 0 Å². The van der Waals surface area contributed by atoms with Gasteiger partial charge in [0, 0.05) is 17.8 Å². The van der Waals surface area contributed by atoms with E-state index in [4.69, 9.17) is 32.7 Å². The zero-order valence-corrected chi connectivity index (χ0v) is 14.6. The molecule has 1 aliphatic heterocycles. The molecule has 1 aliphatic rings. The Morgan fingerprint density at radius 3 is 2.12 bits per heavy atom. The molecule has 0 bridgehead atoms. The lowest BCUT2D eigenvalue weighted by atomic mass is 10.2. The molecule has 1 heterocycles. The van der Waals surface area contributed by atoms with Crippen LogP contribution in [0, 0.1) is 6.92 Å². The quantitative estimate of drug-likeness (QED) is 0.728. The van der Waals surface area contributed by atoms with Crippen molar-refractivity contribution in [3.05, 3.63) is 52.0 Å². The average Bonchev–Trinajstić information content (AvgIpc) is 2.88. The summed E-state index contributed by atoms with van der Waals surface area (Å²) in [6, 6.07) is 7.58. The molecule has 5 nitrogen and oxygen atoms in total. The van der Waals surface area contributed by atoms with E-state index in [1.54, 1.807) is 36.5 Å². The van der Waals surface area contributed by atoms with E-state index in [1.807, 2.05) is 0 Å². The van der Waals surface area contributed by atoms with Crippen LogP contribution in [0.4, 0.5) is 23.7 Å². The molecule has 2 aromatic rings. The number of carbonyl (C=O) groups is 1. The van der Waals surface area contributed by atoms with Crippen LogP contribution in [0.1, 0.15) is 5.56 Å². The van der Waals surface area contributed by atoms with Crippen molar-refractivity contribution in [2.24, 2.45) is 0 Å². The predicted octanol–water partition coefficient (Wildman–Crippen LogP) is 5.11. The Hall–Kier alpha value is -2.32. The van der Waals surface area contributed by atoms with Crippen molar-refractivity contribution >= 4 is 34.9 Å². The van der Waals surface area contributed by atoms with E-state index in [0.717, 1.165) is 12.1 Å². The largest absolute Gasteiger partial charge is 0.492 e. The van der Waals surface area contributed by atoms with Crippen LogP contribution in [0.15, 0.2) is 36.4 Å². The van der Waals surface area contributed by atoms with Crippen LogP contribution < -0.4 is 20.1 Å². The number of ether oxygens (including phenoxy) is 2. The minimum Gasteiger partial charge on any atom is -0.424 e. The molecule has 0 aliphatic carbocycles. The number of anilines is 1. The van der Waals surface area contributed by atoms with Gasteiger partial charge < -0.3 is 14.8 Å². The number of hydrogen-bond acceptors (Lipinski definition) is 3. The molecule has 0 saturated carbocycles. The summed E-state index contributed by atoms with van der Waals surface area (Å²) in [7, 11) is 0. The van der Waals surface area contributed by atoms with Gasteiger partial charge in [-0.3, -0.25) is 5.32 Å². The van der Waals surface area contributed by atoms with Gasteiger partial charge in [-0.1, -0.05) is 41.4 Å². The lowest BCUT2D eigenvalue weighted by Gasteiger charge is -2.29. The van der Waals surface area contributed by atoms with E-state index >= 15 is 0 Å². The molecular weight excluding hydrogens is 396 g/mol. The van der Waals surface area contributed by atoms with Crippen LogP contribution in [-0.2, 0) is 0 Å². The number of rotatable bonds is 2. The Balaban J connectivity index is 1.86. The van der Waals surface area contributed by atoms with Crippen LogP contribution in [0.3, 0.4) is 0 Å². The van der Waals surface area contributed by atoms with E-state index < -0.39 is 18.1 Å². The highest BCUT2D eigenvalue weighted by Crippen LogP contribution is 2.47. The second kappa shape index (κ2) is 6.44. The van der Waals surface area contributed by atoms with Crippen molar-refractivity contribution < 1.29 is 27.4 Å². The van der Waals surface area contributed by atoms with Crippen molar-refractivity contribution in [2.75, 3.05) is 5.32 Å². The van der Waals surface area contributed by atoms with E-state index in [9.17, 15) is 18.0 Å². The van der Waals surface area contributed by atoms with E-state index in [1.165, 1.54) is 0 Å².